The minimum atomic E-state index is -0.440. The summed E-state index contributed by atoms with van der Waals surface area (Å²) in [6.07, 6.45) is 1.40. The second-order valence-corrected chi connectivity index (χ2v) is 4.80. The number of hydrogen-bond acceptors (Lipinski definition) is 6. The first-order chi connectivity index (χ1) is 10.2. The molecule has 0 fully saturated rings. The van der Waals surface area contributed by atoms with E-state index in [-0.39, 0.29) is 24.8 Å². The summed E-state index contributed by atoms with van der Waals surface area (Å²) in [7, 11) is 0. The van der Waals surface area contributed by atoms with Crippen LogP contribution in [0.15, 0.2) is 36.5 Å². The van der Waals surface area contributed by atoms with Crippen LogP contribution in [0, 0.1) is 0 Å². The Balaban J connectivity index is 2.13. The average molecular weight is 305 g/mol. The minimum absolute atomic E-state index is 0.112. The van der Waals surface area contributed by atoms with Crippen molar-refractivity contribution in [2.24, 2.45) is 0 Å². The van der Waals surface area contributed by atoms with Gasteiger partial charge in [-0.15, -0.1) is 0 Å². The van der Waals surface area contributed by atoms with Crippen LogP contribution in [0.5, 0.6) is 0 Å². The summed E-state index contributed by atoms with van der Waals surface area (Å²) in [6, 6.07) is 9.44. The molecule has 0 saturated carbocycles. The van der Waals surface area contributed by atoms with Gasteiger partial charge in [-0.3, -0.25) is 9.59 Å². The molecule has 0 spiro atoms. The lowest BCUT2D eigenvalue weighted by atomic mass is 10.2. The van der Waals surface area contributed by atoms with Crippen LogP contribution in [0.2, 0.25) is 0 Å². The first kappa shape index (κ1) is 15.1. The standard InChI is InChI=1S/C14H15N3O3S/c1-2-20-13(18)10-17(9-11-6-4-3-5-7-11)14(19)12-8-15-21-16-12/h3-8H,2,9-10H2,1H3. The number of benzene rings is 1. The summed E-state index contributed by atoms with van der Waals surface area (Å²) in [6.45, 7) is 2.21. The Morgan fingerprint density at radius 1 is 1.29 bits per heavy atom. The van der Waals surface area contributed by atoms with E-state index in [4.69, 9.17) is 4.74 Å². The Morgan fingerprint density at radius 3 is 2.67 bits per heavy atom. The van der Waals surface area contributed by atoms with E-state index in [9.17, 15) is 9.59 Å². The number of carbonyl (C=O) groups is 2. The van der Waals surface area contributed by atoms with Gasteiger partial charge in [0.2, 0.25) is 0 Å². The molecule has 7 heteroatoms. The zero-order valence-corrected chi connectivity index (χ0v) is 12.4. The van der Waals surface area contributed by atoms with E-state index in [0.29, 0.717) is 6.54 Å². The van der Waals surface area contributed by atoms with E-state index in [1.54, 1.807) is 6.92 Å². The minimum Gasteiger partial charge on any atom is -0.465 e. The van der Waals surface area contributed by atoms with Crippen molar-refractivity contribution in [2.45, 2.75) is 13.5 Å². The van der Waals surface area contributed by atoms with Gasteiger partial charge in [-0.1, -0.05) is 30.3 Å². The average Bonchev–Trinajstić information content (AvgIpc) is 3.01. The predicted octanol–water partition coefficient (Wildman–Crippen LogP) is 1.74. The normalized spacial score (nSPS) is 10.1. The van der Waals surface area contributed by atoms with Crippen LogP contribution in [-0.2, 0) is 16.1 Å². The molecule has 0 bridgehead atoms. The first-order valence-electron chi connectivity index (χ1n) is 6.47. The Bertz CT molecular complexity index is 587. The second-order valence-electron chi connectivity index (χ2n) is 4.24. The Kier molecular flexibility index (Phi) is 5.39. The van der Waals surface area contributed by atoms with Gasteiger partial charge in [0.25, 0.3) is 5.91 Å². The van der Waals surface area contributed by atoms with E-state index in [0.717, 1.165) is 17.3 Å². The zero-order chi connectivity index (χ0) is 15.1. The maximum Gasteiger partial charge on any atom is 0.325 e. The van der Waals surface area contributed by atoms with Crippen LogP contribution in [0.25, 0.3) is 0 Å². The molecule has 0 aliphatic heterocycles. The topological polar surface area (TPSA) is 72.4 Å². The van der Waals surface area contributed by atoms with Crippen LogP contribution < -0.4 is 0 Å². The van der Waals surface area contributed by atoms with Crippen LogP contribution in [0.3, 0.4) is 0 Å². The SMILES string of the molecule is CCOC(=O)CN(Cc1ccccc1)C(=O)c1cnsn1. The van der Waals surface area contributed by atoms with Crippen molar-refractivity contribution in [3.05, 3.63) is 47.8 Å². The lowest BCUT2D eigenvalue weighted by molar-refractivity contribution is -0.143. The fourth-order valence-electron chi connectivity index (χ4n) is 1.79. The second kappa shape index (κ2) is 7.49. The lowest BCUT2D eigenvalue weighted by Gasteiger charge is -2.20. The summed E-state index contributed by atoms with van der Waals surface area (Å²) >= 11 is 0.957. The number of aromatic nitrogens is 2. The van der Waals surface area contributed by atoms with Crippen molar-refractivity contribution in [2.75, 3.05) is 13.2 Å². The van der Waals surface area contributed by atoms with Gasteiger partial charge in [0.1, 0.15) is 6.54 Å². The first-order valence-corrected chi connectivity index (χ1v) is 7.20. The highest BCUT2D eigenvalue weighted by atomic mass is 32.1. The van der Waals surface area contributed by atoms with Crippen molar-refractivity contribution in [1.29, 1.82) is 0 Å². The van der Waals surface area contributed by atoms with E-state index in [1.807, 2.05) is 30.3 Å². The fraction of sp³-hybridized carbons (Fsp3) is 0.286. The molecule has 1 heterocycles. The molecule has 110 valence electrons. The van der Waals surface area contributed by atoms with Gasteiger partial charge in [0.05, 0.1) is 24.5 Å². The fourth-order valence-corrected chi connectivity index (χ4v) is 2.19. The smallest absolute Gasteiger partial charge is 0.325 e. The Hall–Kier alpha value is -2.28. The highest BCUT2D eigenvalue weighted by molar-refractivity contribution is 6.99. The van der Waals surface area contributed by atoms with Crippen molar-refractivity contribution in [3.8, 4) is 0 Å². The lowest BCUT2D eigenvalue weighted by Crippen LogP contribution is -2.36. The third-order valence-electron chi connectivity index (χ3n) is 2.71. The van der Waals surface area contributed by atoms with Gasteiger partial charge in [0, 0.05) is 6.54 Å². The Morgan fingerprint density at radius 2 is 2.05 bits per heavy atom. The van der Waals surface area contributed by atoms with Gasteiger partial charge in [0.15, 0.2) is 5.69 Å². The monoisotopic (exact) mass is 305 g/mol. The van der Waals surface area contributed by atoms with E-state index < -0.39 is 5.97 Å². The molecule has 0 N–H and O–H groups in total. The molecular formula is C14H15N3O3S. The number of rotatable bonds is 6. The molecule has 0 aliphatic rings. The molecule has 1 aromatic heterocycles. The number of amides is 1. The molecule has 2 rings (SSSR count). The van der Waals surface area contributed by atoms with Gasteiger partial charge >= 0.3 is 5.97 Å². The molecular weight excluding hydrogens is 290 g/mol. The van der Waals surface area contributed by atoms with Crippen molar-refractivity contribution in [1.82, 2.24) is 13.6 Å². The summed E-state index contributed by atoms with van der Waals surface area (Å²) < 4.78 is 12.6. The summed E-state index contributed by atoms with van der Waals surface area (Å²) in [5.41, 5.74) is 1.17. The zero-order valence-electron chi connectivity index (χ0n) is 11.6. The third-order valence-corrected chi connectivity index (χ3v) is 3.19. The highest BCUT2D eigenvalue weighted by Crippen LogP contribution is 2.09. The predicted molar refractivity (Wildman–Crippen MR) is 77.7 cm³/mol. The van der Waals surface area contributed by atoms with Gasteiger partial charge in [-0.2, -0.15) is 8.75 Å². The highest BCUT2D eigenvalue weighted by Gasteiger charge is 2.21. The maximum atomic E-state index is 12.4. The largest absolute Gasteiger partial charge is 0.465 e. The number of hydrogen-bond donors (Lipinski definition) is 0. The van der Waals surface area contributed by atoms with Gasteiger partial charge < -0.3 is 9.64 Å². The maximum absolute atomic E-state index is 12.4. The number of nitrogens with zero attached hydrogens (tertiary/aromatic N) is 3. The Labute approximate surface area is 126 Å². The summed E-state index contributed by atoms with van der Waals surface area (Å²) in [5, 5.41) is 0. The molecule has 0 unspecified atom stereocenters. The molecule has 21 heavy (non-hydrogen) atoms. The quantitative estimate of drug-likeness (QED) is 0.760. The molecule has 0 saturated heterocycles. The van der Waals surface area contributed by atoms with Crippen molar-refractivity contribution in [3.63, 3.8) is 0 Å². The van der Waals surface area contributed by atoms with E-state index >= 15 is 0 Å². The van der Waals surface area contributed by atoms with Crippen LogP contribution in [-0.4, -0.2) is 38.7 Å². The third kappa shape index (κ3) is 4.35. The van der Waals surface area contributed by atoms with Gasteiger partial charge in [-0.25, -0.2) is 0 Å². The molecule has 1 aromatic carbocycles. The van der Waals surface area contributed by atoms with Crippen LogP contribution in [0.4, 0.5) is 0 Å². The number of esters is 1. The number of ether oxygens (including phenoxy) is 1. The summed E-state index contributed by atoms with van der Waals surface area (Å²) in [5.74, 6) is -0.773. The summed E-state index contributed by atoms with van der Waals surface area (Å²) in [4.78, 5) is 25.4. The molecule has 2 aromatic rings. The molecule has 6 nitrogen and oxygen atoms in total. The molecule has 1 amide bonds. The van der Waals surface area contributed by atoms with E-state index in [1.165, 1.54) is 11.1 Å². The van der Waals surface area contributed by atoms with Gasteiger partial charge in [-0.05, 0) is 12.5 Å². The molecule has 0 radical (unpaired) electrons. The van der Waals surface area contributed by atoms with Crippen molar-refractivity contribution < 1.29 is 14.3 Å². The van der Waals surface area contributed by atoms with Crippen LogP contribution in [0.1, 0.15) is 23.0 Å². The van der Waals surface area contributed by atoms with E-state index in [2.05, 4.69) is 8.75 Å². The van der Waals surface area contributed by atoms with Crippen molar-refractivity contribution >= 4 is 23.6 Å². The molecule has 0 atom stereocenters. The number of carbonyl (C=O) groups excluding carboxylic acids is 2. The molecule has 0 aliphatic carbocycles. The van der Waals surface area contributed by atoms with Crippen LogP contribution >= 0.6 is 11.7 Å².